The first-order valence-corrected chi connectivity index (χ1v) is 7.93. The number of Topliss-reactive ketones (excluding diaryl/α,β-unsaturated/α-hetero) is 1. The lowest BCUT2D eigenvalue weighted by atomic mass is 9.97. The van der Waals surface area contributed by atoms with Crippen LogP contribution in [0, 0.1) is 0 Å². The maximum Gasteiger partial charge on any atom is 0.248 e. The highest BCUT2D eigenvalue weighted by molar-refractivity contribution is 6.23. The Morgan fingerprint density at radius 3 is 2.65 bits per heavy atom. The van der Waals surface area contributed by atoms with Gasteiger partial charge in [0.1, 0.15) is 11.8 Å². The topological polar surface area (TPSA) is 115 Å². The second-order valence-corrected chi connectivity index (χ2v) is 5.75. The molecule has 2 aromatic rings. The van der Waals surface area contributed by atoms with Crippen LogP contribution in [0.4, 0.5) is 4.79 Å². The van der Waals surface area contributed by atoms with E-state index in [1.807, 2.05) is 30.3 Å². The van der Waals surface area contributed by atoms with Crippen LogP contribution >= 0.6 is 0 Å². The third-order valence-electron chi connectivity index (χ3n) is 4.11. The summed E-state index contributed by atoms with van der Waals surface area (Å²) in [7, 11) is 1.30. The highest BCUT2D eigenvalue weighted by Gasteiger charge is 2.31. The number of nitrogens with zero attached hydrogens (tertiary/aromatic N) is 2. The van der Waals surface area contributed by atoms with Crippen molar-refractivity contribution in [2.45, 2.75) is 13.0 Å². The van der Waals surface area contributed by atoms with Gasteiger partial charge in [0, 0.05) is 31.3 Å². The third kappa shape index (κ3) is 3.34. The number of H-pyrrole nitrogens is 1. The van der Waals surface area contributed by atoms with Gasteiger partial charge in [-0.05, 0) is 5.56 Å². The minimum atomic E-state index is -1.31. The number of ketones is 2. The van der Waals surface area contributed by atoms with E-state index in [-0.39, 0.29) is 36.5 Å². The van der Waals surface area contributed by atoms with Gasteiger partial charge in [-0.2, -0.15) is 5.10 Å². The predicted molar refractivity (Wildman–Crippen MR) is 88.3 cm³/mol. The Labute approximate surface area is 149 Å². The smallest absolute Gasteiger partial charge is 0.248 e. The fourth-order valence-electron chi connectivity index (χ4n) is 2.80. The molecule has 0 unspecified atom stereocenters. The summed E-state index contributed by atoms with van der Waals surface area (Å²) >= 11 is 0. The molecule has 26 heavy (non-hydrogen) atoms. The van der Waals surface area contributed by atoms with Crippen LogP contribution < -0.4 is 5.11 Å². The van der Waals surface area contributed by atoms with Crippen LogP contribution in [-0.2, 0) is 17.7 Å². The zero-order chi connectivity index (χ0) is 18.7. The van der Waals surface area contributed by atoms with Crippen molar-refractivity contribution in [1.29, 1.82) is 0 Å². The van der Waals surface area contributed by atoms with Gasteiger partial charge in [0.2, 0.25) is 5.78 Å². The van der Waals surface area contributed by atoms with Crippen molar-refractivity contribution in [2.75, 3.05) is 13.7 Å². The fraction of sp³-hybridized carbons (Fsp3) is 0.222. The molecule has 1 aromatic heterocycles. The summed E-state index contributed by atoms with van der Waals surface area (Å²) in [6, 6.07) is 9.10. The summed E-state index contributed by atoms with van der Waals surface area (Å²) in [5.41, 5.74) is 1.38. The van der Waals surface area contributed by atoms with E-state index in [4.69, 9.17) is 4.74 Å². The number of benzene rings is 1. The van der Waals surface area contributed by atoms with E-state index in [2.05, 4.69) is 10.2 Å². The number of hydrogen-bond acceptors (Lipinski definition) is 6. The lowest BCUT2D eigenvalue weighted by molar-refractivity contribution is -0.266. The molecule has 0 fully saturated rings. The van der Waals surface area contributed by atoms with Crippen LogP contribution in [-0.4, -0.2) is 46.4 Å². The van der Waals surface area contributed by atoms with E-state index in [1.54, 1.807) is 0 Å². The van der Waals surface area contributed by atoms with Crippen molar-refractivity contribution >= 4 is 17.7 Å². The second kappa shape index (κ2) is 7.22. The SMILES string of the molecule is COC1=CC(=O)c2c(n[nH]c2CCN(Cc2ccccc2)C(=O)[O-])C1=O. The summed E-state index contributed by atoms with van der Waals surface area (Å²) in [5.74, 6) is -0.949. The van der Waals surface area contributed by atoms with Crippen molar-refractivity contribution in [3.05, 3.63) is 64.7 Å². The average molecular weight is 354 g/mol. The van der Waals surface area contributed by atoms with Gasteiger partial charge in [0.25, 0.3) is 0 Å². The van der Waals surface area contributed by atoms with Crippen molar-refractivity contribution < 1.29 is 24.2 Å². The minimum absolute atomic E-state index is 0.00703. The number of fused-ring (bicyclic) bond motifs is 1. The number of ether oxygens (including phenoxy) is 1. The number of amides is 1. The Hall–Kier alpha value is -3.42. The number of rotatable bonds is 6. The number of hydrogen-bond donors (Lipinski definition) is 1. The van der Waals surface area contributed by atoms with Crippen molar-refractivity contribution in [2.24, 2.45) is 0 Å². The summed E-state index contributed by atoms with van der Waals surface area (Å²) in [5, 5.41) is 17.9. The summed E-state index contributed by atoms with van der Waals surface area (Å²) < 4.78 is 4.88. The lowest BCUT2D eigenvalue weighted by Crippen LogP contribution is -2.41. The van der Waals surface area contributed by atoms with Gasteiger partial charge in [0.15, 0.2) is 11.5 Å². The molecule has 1 N–H and O–H groups in total. The highest BCUT2D eigenvalue weighted by Crippen LogP contribution is 2.23. The van der Waals surface area contributed by atoms with E-state index in [0.717, 1.165) is 16.5 Å². The largest absolute Gasteiger partial charge is 0.530 e. The minimum Gasteiger partial charge on any atom is -0.530 e. The zero-order valence-electron chi connectivity index (χ0n) is 14.0. The first-order valence-electron chi connectivity index (χ1n) is 7.93. The number of carbonyl (C=O) groups excluding carboxylic acids is 3. The summed E-state index contributed by atoms with van der Waals surface area (Å²) in [6.45, 7) is 0.258. The quantitative estimate of drug-likeness (QED) is 0.817. The molecule has 1 aliphatic rings. The van der Waals surface area contributed by atoms with Crippen LogP contribution in [0.3, 0.4) is 0 Å². The molecule has 1 aliphatic carbocycles. The molecule has 0 aliphatic heterocycles. The molecule has 3 rings (SSSR count). The lowest BCUT2D eigenvalue weighted by Gasteiger charge is -2.25. The Kier molecular flexibility index (Phi) is 4.83. The normalized spacial score (nSPS) is 13.2. The van der Waals surface area contributed by atoms with Gasteiger partial charge in [-0.1, -0.05) is 30.3 Å². The van der Waals surface area contributed by atoms with E-state index in [0.29, 0.717) is 5.69 Å². The Morgan fingerprint density at radius 1 is 1.27 bits per heavy atom. The molecule has 0 spiro atoms. The summed E-state index contributed by atoms with van der Waals surface area (Å²) in [6.07, 6.45) is -0.00567. The van der Waals surface area contributed by atoms with Gasteiger partial charge in [-0.25, -0.2) is 0 Å². The fourth-order valence-corrected chi connectivity index (χ4v) is 2.80. The van der Waals surface area contributed by atoms with E-state index in [1.165, 1.54) is 7.11 Å². The van der Waals surface area contributed by atoms with Gasteiger partial charge in [-0.3, -0.25) is 14.7 Å². The number of carboxylic acid groups (broad SMARTS) is 1. The molecule has 1 heterocycles. The number of methoxy groups -OCH3 is 1. The van der Waals surface area contributed by atoms with Crippen LogP contribution in [0.15, 0.2) is 42.2 Å². The van der Waals surface area contributed by atoms with Crippen LogP contribution in [0.2, 0.25) is 0 Å². The Balaban J connectivity index is 1.76. The first-order chi connectivity index (χ1) is 12.5. The van der Waals surface area contributed by atoms with E-state index in [9.17, 15) is 19.5 Å². The molecule has 0 radical (unpaired) electrons. The van der Waals surface area contributed by atoms with E-state index >= 15 is 0 Å². The number of aromatic amines is 1. The number of carbonyl (C=O) groups is 3. The highest BCUT2D eigenvalue weighted by atomic mass is 16.5. The average Bonchev–Trinajstić information content (AvgIpc) is 3.07. The molecule has 0 saturated heterocycles. The van der Waals surface area contributed by atoms with Crippen molar-refractivity contribution in [1.82, 2.24) is 15.1 Å². The maximum atomic E-state index is 12.2. The molecule has 1 aromatic carbocycles. The van der Waals surface area contributed by atoms with Gasteiger partial charge in [-0.15, -0.1) is 0 Å². The number of aromatic nitrogens is 2. The molecule has 1 amide bonds. The molecule has 0 bridgehead atoms. The standard InChI is InChI=1S/C18H17N3O5/c1-26-14-9-13(22)15-12(19-20-16(15)17(14)23)7-8-21(18(24)25)10-11-5-3-2-4-6-11/h2-6,9H,7-8,10H2,1H3,(H,19,20)(H,24,25)/p-1. The van der Waals surface area contributed by atoms with E-state index < -0.39 is 17.7 Å². The number of allylic oxidation sites excluding steroid dienone is 2. The predicted octanol–water partition coefficient (Wildman–Crippen LogP) is 0.707. The molecule has 134 valence electrons. The zero-order valence-corrected chi connectivity index (χ0v) is 14.0. The monoisotopic (exact) mass is 354 g/mol. The number of nitrogens with one attached hydrogen (secondary N) is 1. The third-order valence-corrected chi connectivity index (χ3v) is 4.11. The maximum absolute atomic E-state index is 12.2. The second-order valence-electron chi connectivity index (χ2n) is 5.75. The first kappa shape index (κ1) is 17.4. The van der Waals surface area contributed by atoms with Crippen LogP contribution in [0.25, 0.3) is 0 Å². The molecular formula is C18H16N3O5-. The van der Waals surface area contributed by atoms with Crippen molar-refractivity contribution in [3.8, 4) is 0 Å². The summed E-state index contributed by atoms with van der Waals surface area (Å²) in [4.78, 5) is 36.9. The Bertz CT molecular complexity index is 885. The van der Waals surface area contributed by atoms with Crippen LogP contribution in [0.1, 0.15) is 32.1 Å². The molecule has 0 saturated carbocycles. The molecule has 0 atom stereocenters. The molecule has 8 nitrogen and oxygen atoms in total. The molecule has 8 heteroatoms. The van der Waals surface area contributed by atoms with Gasteiger partial charge < -0.3 is 19.5 Å². The van der Waals surface area contributed by atoms with Crippen molar-refractivity contribution in [3.63, 3.8) is 0 Å². The Morgan fingerprint density at radius 2 is 2.00 bits per heavy atom. The van der Waals surface area contributed by atoms with Gasteiger partial charge >= 0.3 is 0 Å². The van der Waals surface area contributed by atoms with Crippen LogP contribution in [0.5, 0.6) is 0 Å². The van der Waals surface area contributed by atoms with Gasteiger partial charge in [0.05, 0.1) is 12.7 Å². The molecular weight excluding hydrogens is 338 g/mol.